The standard InChI is InChI=1S/C11H12N2O3/c1-2-16-11(15)4-3-10(14)13-9-5-7-12-8-6-9/h3-8H,2H2,1H3,(H,12,13,14)/b4-3+. The Hall–Kier alpha value is -2.17. The Balaban J connectivity index is 2.45. The molecule has 1 heterocycles. The molecule has 0 radical (unpaired) electrons. The minimum atomic E-state index is -0.535. The molecule has 0 fully saturated rings. The fraction of sp³-hybridized carbons (Fsp3) is 0.182. The Morgan fingerprint density at radius 2 is 2.06 bits per heavy atom. The van der Waals surface area contributed by atoms with Crippen molar-refractivity contribution in [1.29, 1.82) is 0 Å². The lowest BCUT2D eigenvalue weighted by Gasteiger charge is -2.00. The van der Waals surface area contributed by atoms with Crippen molar-refractivity contribution in [2.75, 3.05) is 11.9 Å². The van der Waals surface area contributed by atoms with E-state index in [9.17, 15) is 9.59 Å². The van der Waals surface area contributed by atoms with Crippen molar-refractivity contribution in [3.05, 3.63) is 36.7 Å². The molecule has 84 valence electrons. The van der Waals surface area contributed by atoms with Crippen molar-refractivity contribution in [3.8, 4) is 0 Å². The van der Waals surface area contributed by atoms with Crippen molar-refractivity contribution < 1.29 is 14.3 Å². The second kappa shape index (κ2) is 6.34. The number of carbonyl (C=O) groups is 2. The summed E-state index contributed by atoms with van der Waals surface area (Å²) in [5, 5.41) is 2.57. The van der Waals surface area contributed by atoms with E-state index < -0.39 is 5.97 Å². The average Bonchev–Trinajstić information content (AvgIpc) is 2.28. The second-order valence-electron chi connectivity index (χ2n) is 2.81. The molecule has 1 aromatic rings. The van der Waals surface area contributed by atoms with Gasteiger partial charge in [-0.25, -0.2) is 4.79 Å². The summed E-state index contributed by atoms with van der Waals surface area (Å²) in [7, 11) is 0. The van der Waals surface area contributed by atoms with Gasteiger partial charge in [0.1, 0.15) is 0 Å². The van der Waals surface area contributed by atoms with E-state index in [1.807, 2.05) is 0 Å². The van der Waals surface area contributed by atoms with Gasteiger partial charge in [0, 0.05) is 30.2 Å². The normalized spacial score (nSPS) is 10.1. The van der Waals surface area contributed by atoms with Crippen LogP contribution < -0.4 is 5.32 Å². The highest BCUT2D eigenvalue weighted by atomic mass is 16.5. The minimum Gasteiger partial charge on any atom is -0.463 e. The number of hydrogen-bond donors (Lipinski definition) is 1. The SMILES string of the molecule is CCOC(=O)/C=C/C(=O)Nc1ccncc1. The van der Waals surface area contributed by atoms with Crippen molar-refractivity contribution in [2.45, 2.75) is 6.92 Å². The number of hydrogen-bond acceptors (Lipinski definition) is 4. The van der Waals surface area contributed by atoms with Crippen LogP contribution in [0.3, 0.4) is 0 Å². The molecular formula is C11H12N2O3. The van der Waals surface area contributed by atoms with Crippen LogP contribution in [-0.2, 0) is 14.3 Å². The number of esters is 1. The monoisotopic (exact) mass is 220 g/mol. The van der Waals surface area contributed by atoms with E-state index in [-0.39, 0.29) is 12.5 Å². The Bertz CT molecular complexity index is 387. The number of rotatable bonds is 4. The van der Waals surface area contributed by atoms with Crippen LogP contribution in [-0.4, -0.2) is 23.5 Å². The molecule has 0 saturated heterocycles. The van der Waals surface area contributed by atoms with Crippen LogP contribution in [0.5, 0.6) is 0 Å². The molecule has 0 aliphatic heterocycles. The molecule has 1 rings (SSSR count). The summed E-state index contributed by atoms with van der Waals surface area (Å²) in [5.41, 5.74) is 0.619. The van der Waals surface area contributed by atoms with Crippen molar-refractivity contribution in [1.82, 2.24) is 4.98 Å². The zero-order chi connectivity index (χ0) is 11.8. The Morgan fingerprint density at radius 1 is 1.38 bits per heavy atom. The second-order valence-corrected chi connectivity index (χ2v) is 2.81. The van der Waals surface area contributed by atoms with E-state index in [1.165, 1.54) is 0 Å². The van der Waals surface area contributed by atoms with Gasteiger partial charge in [0.2, 0.25) is 5.91 Å². The third-order valence-electron chi connectivity index (χ3n) is 1.61. The molecule has 1 N–H and O–H groups in total. The van der Waals surface area contributed by atoms with E-state index in [0.29, 0.717) is 5.69 Å². The number of anilines is 1. The quantitative estimate of drug-likeness (QED) is 0.610. The maximum atomic E-state index is 11.3. The number of carbonyl (C=O) groups excluding carboxylic acids is 2. The number of nitrogens with zero attached hydrogens (tertiary/aromatic N) is 1. The molecule has 5 heteroatoms. The van der Waals surface area contributed by atoms with Crippen molar-refractivity contribution in [3.63, 3.8) is 0 Å². The van der Waals surface area contributed by atoms with Crippen molar-refractivity contribution in [2.24, 2.45) is 0 Å². The number of pyridine rings is 1. The molecule has 0 aromatic carbocycles. The van der Waals surface area contributed by atoms with Gasteiger partial charge in [0.25, 0.3) is 0 Å². The largest absolute Gasteiger partial charge is 0.463 e. The van der Waals surface area contributed by atoms with Gasteiger partial charge in [-0.2, -0.15) is 0 Å². The van der Waals surface area contributed by atoms with Gasteiger partial charge < -0.3 is 10.1 Å². The highest BCUT2D eigenvalue weighted by molar-refractivity contribution is 6.02. The minimum absolute atomic E-state index is 0.287. The lowest BCUT2D eigenvalue weighted by atomic mass is 10.4. The first-order valence-electron chi connectivity index (χ1n) is 4.78. The number of nitrogens with one attached hydrogen (secondary N) is 1. The molecule has 1 amide bonds. The van der Waals surface area contributed by atoms with E-state index in [1.54, 1.807) is 31.5 Å². The fourth-order valence-corrected chi connectivity index (χ4v) is 0.953. The Kier molecular flexibility index (Phi) is 4.72. The molecule has 0 aliphatic carbocycles. The molecule has 5 nitrogen and oxygen atoms in total. The summed E-state index contributed by atoms with van der Waals surface area (Å²) in [6.07, 6.45) is 5.33. The molecule has 0 bridgehead atoms. The van der Waals surface area contributed by atoms with Crippen LogP contribution in [0, 0.1) is 0 Å². The third-order valence-corrected chi connectivity index (χ3v) is 1.61. The highest BCUT2D eigenvalue weighted by Crippen LogP contribution is 2.02. The van der Waals surface area contributed by atoms with Gasteiger partial charge in [-0.1, -0.05) is 0 Å². The molecule has 0 saturated carbocycles. The van der Waals surface area contributed by atoms with Gasteiger partial charge >= 0.3 is 5.97 Å². The topological polar surface area (TPSA) is 68.3 Å². The van der Waals surface area contributed by atoms with E-state index >= 15 is 0 Å². The predicted octanol–water partition coefficient (Wildman–Crippen LogP) is 1.14. The summed E-state index contributed by atoms with van der Waals surface area (Å²) in [6, 6.07) is 3.30. The van der Waals surface area contributed by atoms with Crippen LogP contribution in [0.25, 0.3) is 0 Å². The van der Waals surface area contributed by atoms with Crippen molar-refractivity contribution >= 4 is 17.6 Å². The van der Waals surface area contributed by atoms with Crippen LogP contribution >= 0.6 is 0 Å². The number of aromatic nitrogens is 1. The summed E-state index contributed by atoms with van der Waals surface area (Å²) in [5.74, 6) is -0.924. The van der Waals surface area contributed by atoms with Gasteiger partial charge in [-0.3, -0.25) is 9.78 Å². The molecule has 0 unspecified atom stereocenters. The molecule has 0 aliphatic rings. The molecule has 0 atom stereocenters. The molecule has 1 aromatic heterocycles. The predicted molar refractivity (Wildman–Crippen MR) is 58.6 cm³/mol. The van der Waals surface area contributed by atoms with Crippen LogP contribution in [0.1, 0.15) is 6.92 Å². The molecule has 0 spiro atoms. The van der Waals surface area contributed by atoms with Gasteiger partial charge in [-0.15, -0.1) is 0 Å². The zero-order valence-electron chi connectivity index (χ0n) is 8.84. The first-order valence-corrected chi connectivity index (χ1v) is 4.78. The van der Waals surface area contributed by atoms with E-state index in [0.717, 1.165) is 12.2 Å². The third kappa shape index (κ3) is 4.36. The molecule has 16 heavy (non-hydrogen) atoms. The van der Waals surface area contributed by atoms with Gasteiger partial charge in [0.05, 0.1) is 6.61 Å². The average molecular weight is 220 g/mol. The first kappa shape index (κ1) is 11.9. The fourth-order valence-electron chi connectivity index (χ4n) is 0.953. The van der Waals surface area contributed by atoms with E-state index in [2.05, 4.69) is 15.0 Å². The van der Waals surface area contributed by atoms with Crippen LogP contribution in [0.2, 0.25) is 0 Å². The summed E-state index contributed by atoms with van der Waals surface area (Å²) in [6.45, 7) is 1.98. The highest BCUT2D eigenvalue weighted by Gasteiger charge is 1.99. The number of ether oxygens (including phenoxy) is 1. The summed E-state index contributed by atoms with van der Waals surface area (Å²) in [4.78, 5) is 26.0. The summed E-state index contributed by atoms with van der Waals surface area (Å²) >= 11 is 0. The van der Waals surface area contributed by atoms with Crippen LogP contribution in [0.15, 0.2) is 36.7 Å². The number of amides is 1. The van der Waals surface area contributed by atoms with Gasteiger partial charge in [-0.05, 0) is 19.1 Å². The Morgan fingerprint density at radius 3 is 2.69 bits per heavy atom. The van der Waals surface area contributed by atoms with Gasteiger partial charge in [0.15, 0.2) is 0 Å². The molecular weight excluding hydrogens is 208 g/mol. The first-order chi connectivity index (χ1) is 7.72. The lowest BCUT2D eigenvalue weighted by molar-refractivity contribution is -0.137. The smallest absolute Gasteiger partial charge is 0.330 e. The zero-order valence-corrected chi connectivity index (χ0v) is 8.84. The summed E-state index contributed by atoms with van der Waals surface area (Å²) < 4.78 is 4.63. The maximum absolute atomic E-state index is 11.3. The lowest BCUT2D eigenvalue weighted by Crippen LogP contribution is -2.09. The van der Waals surface area contributed by atoms with Crippen LogP contribution in [0.4, 0.5) is 5.69 Å². The Labute approximate surface area is 93.1 Å². The van der Waals surface area contributed by atoms with E-state index in [4.69, 9.17) is 0 Å². The maximum Gasteiger partial charge on any atom is 0.330 e.